The van der Waals surface area contributed by atoms with E-state index in [4.69, 9.17) is 4.74 Å². The van der Waals surface area contributed by atoms with E-state index in [1.165, 1.54) is 51.7 Å². The van der Waals surface area contributed by atoms with Gasteiger partial charge >= 0.3 is 0 Å². The lowest BCUT2D eigenvalue weighted by molar-refractivity contribution is 0.0689. The Labute approximate surface area is 112 Å². The summed E-state index contributed by atoms with van der Waals surface area (Å²) in [5.74, 6) is 0.973. The summed E-state index contributed by atoms with van der Waals surface area (Å²) in [7, 11) is 1.80. The molecule has 2 fully saturated rings. The van der Waals surface area contributed by atoms with Gasteiger partial charge in [-0.2, -0.15) is 0 Å². The van der Waals surface area contributed by atoms with Crippen LogP contribution in [0, 0.1) is 5.92 Å². The van der Waals surface area contributed by atoms with Gasteiger partial charge in [-0.25, -0.2) is 0 Å². The molecule has 3 heteroatoms. The predicted molar refractivity (Wildman–Crippen MR) is 75.9 cm³/mol. The molecular weight excluding hydrogens is 224 g/mol. The molecule has 0 spiro atoms. The summed E-state index contributed by atoms with van der Waals surface area (Å²) in [6.07, 6.45) is 6.59. The highest BCUT2D eigenvalue weighted by atomic mass is 16.5. The van der Waals surface area contributed by atoms with Crippen LogP contribution in [0.25, 0.3) is 0 Å². The topological polar surface area (TPSA) is 24.5 Å². The van der Waals surface area contributed by atoms with Gasteiger partial charge in [0.2, 0.25) is 0 Å². The first-order valence-corrected chi connectivity index (χ1v) is 7.66. The molecule has 2 atom stereocenters. The number of unbranched alkanes of at least 4 members (excludes halogenated alkanes) is 1. The van der Waals surface area contributed by atoms with E-state index >= 15 is 0 Å². The quantitative estimate of drug-likeness (QED) is 0.705. The lowest BCUT2D eigenvalue weighted by atomic mass is 9.92. The average molecular weight is 254 g/mol. The van der Waals surface area contributed by atoms with Crippen LogP contribution in [-0.4, -0.2) is 49.8 Å². The summed E-state index contributed by atoms with van der Waals surface area (Å²) < 4.78 is 5.15. The first kappa shape index (κ1) is 14.3. The number of piperazine rings is 1. The van der Waals surface area contributed by atoms with Crippen LogP contribution >= 0.6 is 0 Å². The third kappa shape index (κ3) is 3.69. The summed E-state index contributed by atoms with van der Waals surface area (Å²) in [5.41, 5.74) is 0.326. The smallest absolute Gasteiger partial charge is 0.0462 e. The first-order valence-electron chi connectivity index (χ1n) is 7.66. The fraction of sp³-hybridized carbons (Fsp3) is 1.00. The van der Waals surface area contributed by atoms with E-state index in [1.807, 2.05) is 0 Å². The Morgan fingerprint density at radius 3 is 2.72 bits per heavy atom. The zero-order chi connectivity index (χ0) is 13.0. The van der Waals surface area contributed by atoms with Gasteiger partial charge in [-0.15, -0.1) is 0 Å². The summed E-state index contributed by atoms with van der Waals surface area (Å²) in [5, 5.41) is 3.78. The molecule has 0 aromatic heterocycles. The molecule has 3 nitrogen and oxygen atoms in total. The van der Waals surface area contributed by atoms with Crippen LogP contribution in [0.4, 0.5) is 0 Å². The molecule has 2 unspecified atom stereocenters. The Hall–Kier alpha value is -0.120. The molecule has 1 aliphatic heterocycles. The van der Waals surface area contributed by atoms with Crippen LogP contribution in [-0.2, 0) is 4.74 Å². The molecule has 2 rings (SSSR count). The van der Waals surface area contributed by atoms with E-state index in [0.717, 1.165) is 18.6 Å². The first-order chi connectivity index (χ1) is 8.68. The highest BCUT2D eigenvalue weighted by molar-refractivity contribution is 4.99. The molecule has 1 heterocycles. The van der Waals surface area contributed by atoms with E-state index in [1.54, 1.807) is 7.11 Å². The molecule has 0 radical (unpaired) electrons. The lowest BCUT2D eigenvalue weighted by Gasteiger charge is -2.46. The van der Waals surface area contributed by atoms with E-state index in [2.05, 4.69) is 24.1 Å². The van der Waals surface area contributed by atoms with Gasteiger partial charge in [0.05, 0.1) is 0 Å². The zero-order valence-corrected chi connectivity index (χ0v) is 12.4. The lowest BCUT2D eigenvalue weighted by Crippen LogP contribution is -2.63. The van der Waals surface area contributed by atoms with E-state index in [9.17, 15) is 0 Å². The fourth-order valence-corrected chi connectivity index (χ4v) is 3.09. The SMILES string of the molecule is CCC1(C)CN(CCCCOC)C(C2CC2)CN1. The summed E-state index contributed by atoms with van der Waals surface area (Å²) in [4.78, 5) is 2.76. The highest BCUT2D eigenvalue weighted by Gasteiger charge is 2.41. The number of rotatable bonds is 7. The van der Waals surface area contributed by atoms with Crippen molar-refractivity contribution in [2.45, 2.75) is 57.5 Å². The molecule has 1 saturated heterocycles. The van der Waals surface area contributed by atoms with Gasteiger partial charge in [-0.3, -0.25) is 4.90 Å². The van der Waals surface area contributed by atoms with Crippen LogP contribution < -0.4 is 5.32 Å². The van der Waals surface area contributed by atoms with Gasteiger partial charge in [-0.05, 0) is 51.5 Å². The van der Waals surface area contributed by atoms with Crippen LogP contribution in [0.5, 0.6) is 0 Å². The molecule has 1 N–H and O–H groups in total. The largest absolute Gasteiger partial charge is 0.385 e. The van der Waals surface area contributed by atoms with Crippen molar-refractivity contribution in [2.24, 2.45) is 5.92 Å². The molecular formula is C15H30N2O. The standard InChI is InChI=1S/C15H30N2O/c1-4-15(2)12-17(9-5-6-10-18-3)14(11-16-15)13-7-8-13/h13-14,16H,4-12H2,1-3H3. The monoisotopic (exact) mass is 254 g/mol. The van der Waals surface area contributed by atoms with Gasteiger partial charge in [0.1, 0.15) is 0 Å². The molecule has 0 aromatic carbocycles. The summed E-state index contributed by atoms with van der Waals surface area (Å²) >= 11 is 0. The molecule has 18 heavy (non-hydrogen) atoms. The van der Waals surface area contributed by atoms with E-state index in [0.29, 0.717) is 5.54 Å². The average Bonchev–Trinajstić information content (AvgIpc) is 3.19. The maximum Gasteiger partial charge on any atom is 0.0462 e. The van der Waals surface area contributed by atoms with E-state index < -0.39 is 0 Å². The third-order valence-corrected chi connectivity index (χ3v) is 4.75. The van der Waals surface area contributed by atoms with Crippen molar-refractivity contribution >= 4 is 0 Å². The highest BCUT2D eigenvalue weighted by Crippen LogP contribution is 2.37. The second-order valence-corrected chi connectivity index (χ2v) is 6.37. The summed E-state index contributed by atoms with van der Waals surface area (Å²) in [6, 6.07) is 0.798. The van der Waals surface area contributed by atoms with Gasteiger partial charge in [0, 0.05) is 38.4 Å². The van der Waals surface area contributed by atoms with Crippen molar-refractivity contribution in [2.75, 3.05) is 33.4 Å². The van der Waals surface area contributed by atoms with Crippen molar-refractivity contribution in [1.29, 1.82) is 0 Å². The molecule has 1 aliphatic carbocycles. The van der Waals surface area contributed by atoms with Crippen LogP contribution in [0.3, 0.4) is 0 Å². The third-order valence-electron chi connectivity index (χ3n) is 4.75. The normalized spacial score (nSPS) is 33.8. The predicted octanol–water partition coefficient (Wildman–Crippen LogP) is 2.27. The minimum absolute atomic E-state index is 0.326. The van der Waals surface area contributed by atoms with E-state index in [-0.39, 0.29) is 0 Å². The van der Waals surface area contributed by atoms with Crippen LogP contribution in [0.15, 0.2) is 0 Å². The molecule has 0 bridgehead atoms. The number of hydrogen-bond acceptors (Lipinski definition) is 3. The minimum Gasteiger partial charge on any atom is -0.385 e. The zero-order valence-electron chi connectivity index (χ0n) is 12.4. The van der Waals surface area contributed by atoms with Crippen LogP contribution in [0.1, 0.15) is 46.0 Å². The maximum atomic E-state index is 5.15. The van der Waals surface area contributed by atoms with Crippen molar-refractivity contribution < 1.29 is 4.74 Å². The van der Waals surface area contributed by atoms with Gasteiger partial charge in [-0.1, -0.05) is 6.92 Å². The maximum absolute atomic E-state index is 5.15. The van der Waals surface area contributed by atoms with Gasteiger partial charge in [0.15, 0.2) is 0 Å². The Morgan fingerprint density at radius 1 is 1.33 bits per heavy atom. The number of methoxy groups -OCH3 is 1. The molecule has 1 saturated carbocycles. The Bertz CT molecular complexity index is 255. The second kappa shape index (κ2) is 6.36. The molecule has 106 valence electrons. The van der Waals surface area contributed by atoms with Crippen molar-refractivity contribution in [3.63, 3.8) is 0 Å². The minimum atomic E-state index is 0.326. The number of nitrogens with zero attached hydrogens (tertiary/aromatic N) is 1. The number of nitrogens with one attached hydrogen (secondary N) is 1. The Kier molecular flexibility index (Phi) is 5.05. The van der Waals surface area contributed by atoms with Crippen molar-refractivity contribution in [3.05, 3.63) is 0 Å². The molecule has 0 aromatic rings. The van der Waals surface area contributed by atoms with Gasteiger partial charge in [0.25, 0.3) is 0 Å². The fourth-order valence-electron chi connectivity index (χ4n) is 3.09. The van der Waals surface area contributed by atoms with Crippen molar-refractivity contribution in [1.82, 2.24) is 10.2 Å². The molecule has 0 amide bonds. The van der Waals surface area contributed by atoms with Gasteiger partial charge < -0.3 is 10.1 Å². The number of hydrogen-bond donors (Lipinski definition) is 1. The Balaban J connectivity index is 1.84. The van der Waals surface area contributed by atoms with Crippen LogP contribution in [0.2, 0.25) is 0 Å². The molecule has 2 aliphatic rings. The second-order valence-electron chi connectivity index (χ2n) is 6.37. The number of ether oxygens (including phenoxy) is 1. The Morgan fingerprint density at radius 2 is 2.11 bits per heavy atom. The van der Waals surface area contributed by atoms with Crippen molar-refractivity contribution in [3.8, 4) is 0 Å². The summed E-state index contributed by atoms with van der Waals surface area (Å²) in [6.45, 7) is 9.25.